The SMILES string of the molecule is Fc1cccc(C(=C(I)c2ccccc2)c2ccccc2)c1F. The molecule has 3 rings (SSSR count). The highest BCUT2D eigenvalue weighted by Gasteiger charge is 2.17. The molecule has 0 heterocycles. The standard InChI is InChI=1S/C20H13F2I/c21-17-13-7-12-16(19(17)22)18(14-8-3-1-4-9-14)20(23)15-10-5-2-6-11-15/h1-13H. The molecule has 3 aromatic rings. The Morgan fingerprint density at radius 3 is 1.83 bits per heavy atom. The molecule has 0 aliphatic carbocycles. The van der Waals surface area contributed by atoms with Crippen molar-refractivity contribution in [3.63, 3.8) is 0 Å². The molecule has 3 heteroatoms. The molecule has 0 aliphatic heterocycles. The van der Waals surface area contributed by atoms with E-state index in [0.29, 0.717) is 5.57 Å². The highest BCUT2D eigenvalue weighted by Crippen LogP contribution is 2.37. The molecule has 114 valence electrons. The highest BCUT2D eigenvalue weighted by atomic mass is 127. The Hall–Kier alpha value is -2.01. The smallest absolute Gasteiger partial charge is 0.166 e. The van der Waals surface area contributed by atoms with Crippen LogP contribution in [0.5, 0.6) is 0 Å². The van der Waals surface area contributed by atoms with Gasteiger partial charge in [0.25, 0.3) is 0 Å². The second-order valence-electron chi connectivity index (χ2n) is 5.02. The van der Waals surface area contributed by atoms with Gasteiger partial charge in [-0.2, -0.15) is 0 Å². The predicted octanol–water partition coefficient (Wildman–Crippen LogP) is 6.32. The van der Waals surface area contributed by atoms with Crippen LogP contribution >= 0.6 is 22.6 Å². The van der Waals surface area contributed by atoms with Gasteiger partial charge in [-0.3, -0.25) is 0 Å². The van der Waals surface area contributed by atoms with Crippen molar-refractivity contribution in [3.8, 4) is 0 Å². The Kier molecular flexibility index (Phi) is 4.86. The van der Waals surface area contributed by atoms with Crippen molar-refractivity contribution in [2.24, 2.45) is 0 Å². The van der Waals surface area contributed by atoms with Gasteiger partial charge < -0.3 is 0 Å². The molecular weight excluding hydrogens is 405 g/mol. The molecule has 0 aliphatic rings. The lowest BCUT2D eigenvalue weighted by Crippen LogP contribution is -1.97. The van der Waals surface area contributed by atoms with Gasteiger partial charge in [-0.15, -0.1) is 0 Å². The van der Waals surface area contributed by atoms with E-state index in [-0.39, 0.29) is 5.56 Å². The summed E-state index contributed by atoms with van der Waals surface area (Å²) in [6, 6.07) is 23.5. The van der Waals surface area contributed by atoms with E-state index >= 15 is 0 Å². The van der Waals surface area contributed by atoms with E-state index in [4.69, 9.17) is 0 Å². The zero-order chi connectivity index (χ0) is 16.2. The third-order valence-corrected chi connectivity index (χ3v) is 4.69. The number of rotatable bonds is 3. The number of benzene rings is 3. The summed E-state index contributed by atoms with van der Waals surface area (Å²) in [6.45, 7) is 0. The summed E-state index contributed by atoms with van der Waals surface area (Å²) in [5.41, 5.74) is 2.78. The van der Waals surface area contributed by atoms with Crippen molar-refractivity contribution in [2.75, 3.05) is 0 Å². The van der Waals surface area contributed by atoms with Crippen molar-refractivity contribution in [1.29, 1.82) is 0 Å². The fourth-order valence-electron chi connectivity index (χ4n) is 2.43. The fourth-order valence-corrected chi connectivity index (χ4v) is 3.39. The van der Waals surface area contributed by atoms with E-state index < -0.39 is 11.6 Å². The minimum absolute atomic E-state index is 0.268. The normalized spacial score (nSPS) is 12.0. The van der Waals surface area contributed by atoms with Crippen LogP contribution in [0, 0.1) is 11.6 Å². The molecule has 0 aromatic heterocycles. The maximum absolute atomic E-state index is 14.4. The molecule has 0 bridgehead atoms. The number of hydrogen-bond donors (Lipinski definition) is 0. The first-order chi connectivity index (χ1) is 11.2. The summed E-state index contributed by atoms with van der Waals surface area (Å²) in [7, 11) is 0. The topological polar surface area (TPSA) is 0 Å². The Morgan fingerprint density at radius 2 is 1.22 bits per heavy atom. The van der Waals surface area contributed by atoms with Crippen molar-refractivity contribution in [3.05, 3.63) is 107 Å². The second kappa shape index (κ2) is 7.04. The molecule has 0 radical (unpaired) electrons. The molecule has 0 fully saturated rings. The van der Waals surface area contributed by atoms with Crippen LogP contribution in [0.25, 0.3) is 9.15 Å². The highest BCUT2D eigenvalue weighted by molar-refractivity contribution is 14.1. The zero-order valence-electron chi connectivity index (χ0n) is 12.1. The van der Waals surface area contributed by atoms with Crippen LogP contribution in [-0.2, 0) is 0 Å². The minimum atomic E-state index is -0.840. The van der Waals surface area contributed by atoms with Crippen LogP contribution in [0.3, 0.4) is 0 Å². The lowest BCUT2D eigenvalue weighted by atomic mass is 9.95. The quantitative estimate of drug-likeness (QED) is 0.345. The monoisotopic (exact) mass is 418 g/mol. The first-order valence-electron chi connectivity index (χ1n) is 7.13. The van der Waals surface area contributed by atoms with Crippen molar-refractivity contribution in [1.82, 2.24) is 0 Å². The van der Waals surface area contributed by atoms with Gasteiger partial charge in [0.2, 0.25) is 0 Å². The first-order valence-corrected chi connectivity index (χ1v) is 8.21. The number of hydrogen-bond acceptors (Lipinski definition) is 0. The summed E-state index contributed by atoms with van der Waals surface area (Å²) in [4.78, 5) is 0. The van der Waals surface area contributed by atoms with E-state index in [2.05, 4.69) is 22.6 Å². The zero-order valence-corrected chi connectivity index (χ0v) is 14.3. The van der Waals surface area contributed by atoms with E-state index in [0.717, 1.165) is 20.8 Å². The molecule has 0 N–H and O–H groups in total. The molecule has 0 atom stereocenters. The van der Waals surface area contributed by atoms with E-state index in [1.165, 1.54) is 6.07 Å². The number of halogens is 3. The van der Waals surface area contributed by atoms with Gasteiger partial charge in [-0.25, -0.2) is 8.78 Å². The van der Waals surface area contributed by atoms with Crippen molar-refractivity contribution in [2.45, 2.75) is 0 Å². The van der Waals surface area contributed by atoms with Crippen molar-refractivity contribution < 1.29 is 8.78 Å². The maximum atomic E-state index is 14.4. The average molecular weight is 418 g/mol. The molecule has 0 spiro atoms. The van der Waals surface area contributed by atoms with E-state index in [1.54, 1.807) is 6.07 Å². The van der Waals surface area contributed by atoms with Crippen LogP contribution < -0.4 is 0 Å². The predicted molar refractivity (Wildman–Crippen MR) is 99.2 cm³/mol. The fraction of sp³-hybridized carbons (Fsp3) is 0. The van der Waals surface area contributed by atoms with Gasteiger partial charge in [0.15, 0.2) is 11.6 Å². The summed E-state index contributed by atoms with van der Waals surface area (Å²) >= 11 is 2.20. The summed E-state index contributed by atoms with van der Waals surface area (Å²) < 4.78 is 29.0. The molecule has 0 saturated carbocycles. The first kappa shape index (κ1) is 15.9. The Labute approximate surface area is 147 Å². The van der Waals surface area contributed by atoms with Crippen LogP contribution in [0.2, 0.25) is 0 Å². The van der Waals surface area contributed by atoms with Gasteiger partial charge in [0.1, 0.15) is 0 Å². The molecule has 3 aromatic carbocycles. The van der Waals surface area contributed by atoms with Crippen LogP contribution in [0.15, 0.2) is 78.9 Å². The maximum Gasteiger partial charge on any atom is 0.166 e. The molecule has 0 amide bonds. The van der Waals surface area contributed by atoms with Gasteiger partial charge in [0, 0.05) is 14.7 Å². The van der Waals surface area contributed by atoms with E-state index in [9.17, 15) is 8.78 Å². The minimum Gasteiger partial charge on any atom is -0.204 e. The Balaban J connectivity index is 2.30. The van der Waals surface area contributed by atoms with Gasteiger partial charge in [-0.1, -0.05) is 72.8 Å². The second-order valence-corrected chi connectivity index (χ2v) is 6.10. The summed E-state index contributed by atoms with van der Waals surface area (Å²) in [5, 5.41) is 0. The molecule has 0 unspecified atom stereocenters. The average Bonchev–Trinajstić information content (AvgIpc) is 2.60. The molecular formula is C20H13F2I. The molecule has 0 nitrogen and oxygen atoms in total. The van der Waals surface area contributed by atoms with Gasteiger partial charge in [-0.05, 0) is 39.8 Å². The van der Waals surface area contributed by atoms with Gasteiger partial charge >= 0.3 is 0 Å². The van der Waals surface area contributed by atoms with Crippen LogP contribution in [0.1, 0.15) is 16.7 Å². The third-order valence-electron chi connectivity index (χ3n) is 3.53. The van der Waals surface area contributed by atoms with E-state index in [1.807, 2.05) is 60.7 Å². The molecule has 0 saturated heterocycles. The summed E-state index contributed by atoms with van der Waals surface area (Å²) in [6.07, 6.45) is 0. The van der Waals surface area contributed by atoms with Crippen LogP contribution in [-0.4, -0.2) is 0 Å². The Bertz CT molecular complexity index is 840. The van der Waals surface area contributed by atoms with Crippen molar-refractivity contribution >= 4 is 31.7 Å². The largest absolute Gasteiger partial charge is 0.204 e. The summed E-state index contributed by atoms with van der Waals surface area (Å²) in [5.74, 6) is -1.66. The van der Waals surface area contributed by atoms with Gasteiger partial charge in [0.05, 0.1) is 0 Å². The third kappa shape index (κ3) is 3.34. The Morgan fingerprint density at radius 1 is 0.652 bits per heavy atom. The lowest BCUT2D eigenvalue weighted by Gasteiger charge is -2.14. The molecule has 23 heavy (non-hydrogen) atoms. The lowest BCUT2D eigenvalue weighted by molar-refractivity contribution is 0.506. The van der Waals surface area contributed by atoms with Crippen LogP contribution in [0.4, 0.5) is 8.78 Å².